The minimum absolute atomic E-state index is 0.136. The van der Waals surface area contributed by atoms with Gasteiger partial charge in [0.1, 0.15) is 0 Å². The molecule has 0 amide bonds. The third-order valence-corrected chi connectivity index (χ3v) is 2.87. The second kappa shape index (κ2) is 3.10. The van der Waals surface area contributed by atoms with E-state index in [4.69, 9.17) is 0 Å². The molecule has 0 fully saturated rings. The summed E-state index contributed by atoms with van der Waals surface area (Å²) in [5.74, 6) is 0. The van der Waals surface area contributed by atoms with Gasteiger partial charge in [-0.2, -0.15) is 0 Å². The van der Waals surface area contributed by atoms with Gasteiger partial charge in [0.15, 0.2) is 0 Å². The molecule has 0 aliphatic carbocycles. The second-order valence-corrected chi connectivity index (χ2v) is 5.12. The Morgan fingerprint density at radius 3 is 2.50 bits per heavy atom. The molecule has 0 aliphatic rings. The van der Waals surface area contributed by atoms with Crippen LogP contribution >= 0.6 is 15.9 Å². The Labute approximate surface area is 79.1 Å². The molecule has 0 atom stereocenters. The lowest BCUT2D eigenvalue weighted by atomic mass is 10.5. The van der Waals surface area contributed by atoms with Crippen LogP contribution in [0.1, 0.15) is 5.69 Å². The number of hydrogen-bond donors (Lipinski definition) is 0. The van der Waals surface area contributed by atoms with Gasteiger partial charge in [-0.15, -0.1) is 0 Å². The van der Waals surface area contributed by atoms with Crippen molar-refractivity contribution in [3.05, 3.63) is 16.4 Å². The van der Waals surface area contributed by atoms with Gasteiger partial charge in [-0.1, -0.05) is 0 Å². The standard InChI is InChI=1S/C6H7BrN2O2S/c1-4-5(7)3-8-6(9-4)12(2,10)11/h3H,1-2H3. The summed E-state index contributed by atoms with van der Waals surface area (Å²) in [6.45, 7) is 1.71. The zero-order chi connectivity index (χ0) is 9.35. The summed E-state index contributed by atoms with van der Waals surface area (Å²) < 4.78 is 22.6. The molecule has 0 saturated heterocycles. The maximum atomic E-state index is 11.0. The number of nitrogens with zero attached hydrogens (tertiary/aromatic N) is 2. The number of aromatic nitrogens is 2. The van der Waals surface area contributed by atoms with Crippen LogP contribution in [0, 0.1) is 6.92 Å². The molecule has 1 aromatic heterocycles. The lowest BCUT2D eigenvalue weighted by molar-refractivity contribution is 0.592. The van der Waals surface area contributed by atoms with Crippen LogP contribution in [0.15, 0.2) is 15.8 Å². The van der Waals surface area contributed by atoms with E-state index in [9.17, 15) is 8.42 Å². The Bertz CT molecular complexity index is 402. The zero-order valence-corrected chi connectivity index (χ0v) is 8.98. The van der Waals surface area contributed by atoms with Crippen molar-refractivity contribution in [3.63, 3.8) is 0 Å². The molecule has 0 spiro atoms. The van der Waals surface area contributed by atoms with E-state index in [0.717, 1.165) is 6.26 Å². The number of halogens is 1. The lowest BCUT2D eigenvalue weighted by Gasteiger charge is -1.98. The molecule has 0 saturated carbocycles. The predicted octanol–water partition coefficient (Wildman–Crippen LogP) is 0.951. The van der Waals surface area contributed by atoms with Gasteiger partial charge in [0.05, 0.1) is 10.2 Å². The SMILES string of the molecule is Cc1nc(S(C)(=O)=O)ncc1Br. The van der Waals surface area contributed by atoms with Gasteiger partial charge in [0.25, 0.3) is 0 Å². The van der Waals surface area contributed by atoms with Crippen molar-refractivity contribution in [2.45, 2.75) is 12.1 Å². The molecule has 66 valence electrons. The Morgan fingerprint density at radius 1 is 1.50 bits per heavy atom. The van der Waals surface area contributed by atoms with Crippen LogP contribution in [-0.2, 0) is 9.84 Å². The van der Waals surface area contributed by atoms with E-state index in [1.807, 2.05) is 0 Å². The summed E-state index contributed by atoms with van der Waals surface area (Å²) in [6.07, 6.45) is 2.51. The van der Waals surface area contributed by atoms with Crippen LogP contribution in [-0.4, -0.2) is 24.6 Å². The van der Waals surface area contributed by atoms with Crippen molar-refractivity contribution in [2.24, 2.45) is 0 Å². The second-order valence-electron chi connectivity index (χ2n) is 2.36. The highest BCUT2D eigenvalue weighted by atomic mass is 79.9. The molecule has 0 bridgehead atoms. The summed E-state index contributed by atoms with van der Waals surface area (Å²) in [7, 11) is -3.29. The monoisotopic (exact) mass is 250 g/mol. The highest BCUT2D eigenvalue weighted by Gasteiger charge is 2.11. The summed E-state index contributed by atoms with van der Waals surface area (Å²) in [5.41, 5.74) is 0.616. The first-order valence-corrected chi connectivity index (χ1v) is 5.79. The first-order valence-electron chi connectivity index (χ1n) is 3.10. The van der Waals surface area contributed by atoms with E-state index in [-0.39, 0.29) is 5.16 Å². The minimum atomic E-state index is -3.29. The van der Waals surface area contributed by atoms with Crippen molar-refractivity contribution < 1.29 is 8.42 Å². The normalized spacial score (nSPS) is 11.6. The van der Waals surface area contributed by atoms with Gasteiger partial charge in [-0.25, -0.2) is 18.4 Å². The number of rotatable bonds is 1. The molecule has 0 unspecified atom stereocenters. The highest BCUT2D eigenvalue weighted by Crippen LogP contribution is 2.13. The third kappa shape index (κ3) is 2.01. The maximum Gasteiger partial charge on any atom is 0.247 e. The Morgan fingerprint density at radius 2 is 2.08 bits per heavy atom. The average molecular weight is 251 g/mol. The van der Waals surface area contributed by atoms with Crippen LogP contribution in [0.25, 0.3) is 0 Å². The molecule has 0 aliphatic heterocycles. The number of sulfone groups is 1. The number of hydrogen-bond acceptors (Lipinski definition) is 4. The van der Waals surface area contributed by atoms with Crippen LogP contribution < -0.4 is 0 Å². The predicted molar refractivity (Wildman–Crippen MR) is 47.6 cm³/mol. The van der Waals surface area contributed by atoms with E-state index in [1.165, 1.54) is 6.20 Å². The van der Waals surface area contributed by atoms with Crippen molar-refractivity contribution >= 4 is 25.8 Å². The number of aryl methyl sites for hydroxylation is 1. The Balaban J connectivity index is 3.33. The molecule has 1 heterocycles. The molecular formula is C6H7BrN2O2S. The van der Waals surface area contributed by atoms with Gasteiger partial charge in [0.2, 0.25) is 15.0 Å². The fourth-order valence-electron chi connectivity index (χ4n) is 0.610. The lowest BCUT2D eigenvalue weighted by Crippen LogP contribution is -2.04. The van der Waals surface area contributed by atoms with Crippen LogP contribution in [0.5, 0.6) is 0 Å². The van der Waals surface area contributed by atoms with Crippen molar-refractivity contribution in [3.8, 4) is 0 Å². The van der Waals surface area contributed by atoms with Crippen molar-refractivity contribution in [1.29, 1.82) is 0 Å². The van der Waals surface area contributed by atoms with E-state index in [1.54, 1.807) is 6.92 Å². The molecule has 0 radical (unpaired) electrons. The first-order chi connectivity index (χ1) is 5.41. The molecule has 12 heavy (non-hydrogen) atoms. The molecule has 1 rings (SSSR count). The Kier molecular flexibility index (Phi) is 2.48. The van der Waals surface area contributed by atoms with Crippen LogP contribution in [0.2, 0.25) is 0 Å². The Hall–Kier alpha value is -0.490. The van der Waals surface area contributed by atoms with Gasteiger partial charge < -0.3 is 0 Å². The summed E-state index contributed by atoms with van der Waals surface area (Å²) in [6, 6.07) is 0. The molecule has 0 aromatic carbocycles. The fraction of sp³-hybridized carbons (Fsp3) is 0.333. The van der Waals surface area contributed by atoms with Crippen LogP contribution in [0.3, 0.4) is 0 Å². The van der Waals surface area contributed by atoms with Gasteiger partial charge >= 0.3 is 0 Å². The van der Waals surface area contributed by atoms with Gasteiger partial charge in [0, 0.05) is 12.5 Å². The highest BCUT2D eigenvalue weighted by molar-refractivity contribution is 9.10. The van der Waals surface area contributed by atoms with E-state index < -0.39 is 9.84 Å². The molecule has 4 nitrogen and oxygen atoms in total. The van der Waals surface area contributed by atoms with Crippen molar-refractivity contribution in [1.82, 2.24) is 9.97 Å². The first kappa shape index (κ1) is 9.60. The summed E-state index contributed by atoms with van der Waals surface area (Å²) in [5, 5.41) is -0.136. The summed E-state index contributed by atoms with van der Waals surface area (Å²) in [4.78, 5) is 7.46. The van der Waals surface area contributed by atoms with Crippen LogP contribution in [0.4, 0.5) is 0 Å². The summed E-state index contributed by atoms with van der Waals surface area (Å²) >= 11 is 3.18. The molecule has 0 N–H and O–H groups in total. The van der Waals surface area contributed by atoms with Crippen molar-refractivity contribution in [2.75, 3.05) is 6.26 Å². The molecule has 6 heteroatoms. The van der Waals surface area contributed by atoms with E-state index in [2.05, 4.69) is 25.9 Å². The fourth-order valence-corrected chi connectivity index (χ4v) is 1.35. The van der Waals surface area contributed by atoms with Gasteiger partial charge in [-0.05, 0) is 22.9 Å². The quantitative estimate of drug-likeness (QED) is 0.697. The third-order valence-electron chi connectivity index (χ3n) is 1.23. The smallest absolute Gasteiger partial charge is 0.226 e. The average Bonchev–Trinajstić information content (AvgIpc) is 1.92. The van der Waals surface area contributed by atoms with E-state index >= 15 is 0 Å². The minimum Gasteiger partial charge on any atom is -0.226 e. The maximum absolute atomic E-state index is 11.0. The zero-order valence-electron chi connectivity index (χ0n) is 6.57. The largest absolute Gasteiger partial charge is 0.247 e. The topological polar surface area (TPSA) is 59.9 Å². The molecule has 1 aromatic rings. The van der Waals surface area contributed by atoms with Gasteiger partial charge in [-0.3, -0.25) is 0 Å². The van der Waals surface area contributed by atoms with E-state index in [0.29, 0.717) is 10.2 Å². The molecular weight excluding hydrogens is 244 g/mol.